The molecular weight excluding hydrogens is 389 g/mol. The van der Waals surface area contributed by atoms with Crippen molar-refractivity contribution in [3.8, 4) is 6.01 Å². The van der Waals surface area contributed by atoms with Gasteiger partial charge in [-0.2, -0.15) is 0 Å². The first-order valence-corrected chi connectivity index (χ1v) is 8.34. The van der Waals surface area contributed by atoms with Gasteiger partial charge in [-0.05, 0) is 0 Å². The number of benzene rings is 1. The minimum atomic E-state index is 0.180. The topological polar surface area (TPSA) is 105 Å². The molecule has 3 aromatic rings. The number of fused-ring (bicyclic) bond motifs is 1. The number of nitrogen functional groups attached to an aromatic ring is 1. The molecule has 8 nitrogen and oxygen atoms in total. The van der Waals surface area contributed by atoms with Gasteiger partial charge in [0.2, 0.25) is 0 Å². The van der Waals surface area contributed by atoms with E-state index in [-0.39, 0.29) is 11.8 Å². The molecule has 0 spiro atoms. The van der Waals surface area contributed by atoms with Crippen LogP contribution in [-0.4, -0.2) is 62.1 Å². The van der Waals surface area contributed by atoms with Crippen molar-refractivity contribution in [2.24, 2.45) is 0 Å². The molecule has 9 heteroatoms. The van der Waals surface area contributed by atoms with Crippen LogP contribution in [0.25, 0.3) is 11.2 Å². The van der Waals surface area contributed by atoms with E-state index in [4.69, 9.17) is 15.2 Å². The number of methoxy groups -OCH3 is 1. The SMILES string of the molecule is COCCOc1nc(N)c2nc([Se])n(Cc3ccc(C=O)cc3)c2n1. The number of anilines is 1. The van der Waals surface area contributed by atoms with Crippen molar-refractivity contribution in [2.75, 3.05) is 26.1 Å². The first-order valence-electron chi connectivity index (χ1n) is 7.49. The van der Waals surface area contributed by atoms with Crippen molar-refractivity contribution in [1.82, 2.24) is 19.5 Å². The van der Waals surface area contributed by atoms with Crippen LogP contribution in [0.2, 0.25) is 0 Å². The van der Waals surface area contributed by atoms with Gasteiger partial charge in [0.15, 0.2) is 0 Å². The number of carbonyl (C=O) groups is 1. The second-order valence-corrected chi connectivity index (χ2v) is 6.01. The second kappa shape index (κ2) is 7.60. The van der Waals surface area contributed by atoms with Crippen LogP contribution in [0.1, 0.15) is 15.9 Å². The number of rotatable bonds is 7. The van der Waals surface area contributed by atoms with E-state index in [0.717, 1.165) is 11.8 Å². The van der Waals surface area contributed by atoms with Crippen LogP contribution >= 0.6 is 0 Å². The van der Waals surface area contributed by atoms with E-state index in [1.54, 1.807) is 19.2 Å². The van der Waals surface area contributed by atoms with E-state index in [9.17, 15) is 4.79 Å². The monoisotopic (exact) mass is 406 g/mol. The number of aromatic nitrogens is 4. The average molecular weight is 405 g/mol. The Hall–Kier alpha value is -2.48. The Morgan fingerprint density at radius 2 is 1.96 bits per heavy atom. The molecule has 2 heterocycles. The average Bonchev–Trinajstić information content (AvgIpc) is 2.93. The molecule has 0 amide bonds. The predicted octanol–water partition coefficient (Wildman–Crippen LogP) is 0.0883. The van der Waals surface area contributed by atoms with Crippen LogP contribution in [0, 0.1) is 0 Å². The van der Waals surface area contributed by atoms with Gasteiger partial charge in [-0.15, -0.1) is 0 Å². The van der Waals surface area contributed by atoms with Crippen molar-refractivity contribution in [1.29, 1.82) is 0 Å². The molecule has 2 aromatic heterocycles. The van der Waals surface area contributed by atoms with Gasteiger partial charge in [0.05, 0.1) is 0 Å². The molecule has 25 heavy (non-hydrogen) atoms. The van der Waals surface area contributed by atoms with E-state index < -0.39 is 0 Å². The standard InChI is InChI=1S/C16H16N5O3Se/c1-23-6-7-24-15-19-13(17)12-14(20-15)21(16(25)18-12)8-10-2-4-11(9-22)5-3-10/h2-5,9H,6-8H2,1H3,(H2,17,19,20). The molecule has 3 rings (SSSR count). The molecule has 1 radical (unpaired) electrons. The van der Waals surface area contributed by atoms with Gasteiger partial charge in [-0.1, -0.05) is 0 Å². The number of carbonyl (C=O) groups excluding carboxylic acids is 1. The molecule has 0 saturated carbocycles. The van der Waals surface area contributed by atoms with Crippen LogP contribution in [0.4, 0.5) is 5.82 Å². The Balaban J connectivity index is 1.95. The molecule has 1 aromatic carbocycles. The quantitative estimate of drug-likeness (QED) is 0.337. The van der Waals surface area contributed by atoms with Gasteiger partial charge in [-0.25, -0.2) is 0 Å². The first kappa shape index (κ1) is 17.3. The summed E-state index contributed by atoms with van der Waals surface area (Å²) in [5, 5.41) is 0. The van der Waals surface area contributed by atoms with E-state index in [1.165, 1.54) is 0 Å². The third-order valence-electron chi connectivity index (χ3n) is 3.54. The van der Waals surface area contributed by atoms with Crippen LogP contribution in [0.3, 0.4) is 0 Å². The molecular formula is C16H16N5O3Se. The maximum absolute atomic E-state index is 10.8. The predicted molar refractivity (Wildman–Crippen MR) is 93.4 cm³/mol. The fourth-order valence-corrected chi connectivity index (χ4v) is 2.80. The van der Waals surface area contributed by atoms with Crippen LogP contribution in [0.5, 0.6) is 6.01 Å². The summed E-state index contributed by atoms with van der Waals surface area (Å²) in [5.74, 6) is 0.254. The number of aldehydes is 1. The van der Waals surface area contributed by atoms with Crippen LogP contribution in [0.15, 0.2) is 24.3 Å². The molecule has 0 unspecified atom stereocenters. The Morgan fingerprint density at radius 1 is 1.20 bits per heavy atom. The minimum absolute atomic E-state index is 0.180. The summed E-state index contributed by atoms with van der Waals surface area (Å²) in [6.07, 6.45) is 0.812. The van der Waals surface area contributed by atoms with Crippen molar-refractivity contribution >= 4 is 44.0 Å². The van der Waals surface area contributed by atoms with Crippen molar-refractivity contribution in [3.05, 3.63) is 35.4 Å². The van der Waals surface area contributed by atoms with Crippen molar-refractivity contribution in [2.45, 2.75) is 6.54 Å². The Labute approximate surface area is 152 Å². The third-order valence-corrected chi connectivity index (χ3v) is 4.20. The Morgan fingerprint density at radius 3 is 2.64 bits per heavy atom. The van der Waals surface area contributed by atoms with E-state index >= 15 is 0 Å². The summed E-state index contributed by atoms with van der Waals surface area (Å²) in [6, 6.07) is 7.48. The number of hydrogen-bond acceptors (Lipinski definition) is 7. The summed E-state index contributed by atoms with van der Waals surface area (Å²) in [4.78, 5) is 23.7. The fourth-order valence-electron chi connectivity index (χ4n) is 2.29. The van der Waals surface area contributed by atoms with E-state index in [2.05, 4.69) is 31.0 Å². The van der Waals surface area contributed by atoms with E-state index in [1.807, 2.05) is 16.7 Å². The normalized spacial score (nSPS) is 10.9. The van der Waals surface area contributed by atoms with Gasteiger partial charge in [0.25, 0.3) is 0 Å². The van der Waals surface area contributed by atoms with Crippen LogP contribution < -0.4 is 15.2 Å². The molecule has 2 N–H and O–H groups in total. The molecule has 0 atom stereocenters. The zero-order valence-corrected chi connectivity index (χ0v) is 15.2. The van der Waals surface area contributed by atoms with Crippen LogP contribution in [-0.2, 0) is 11.3 Å². The molecule has 129 valence electrons. The number of hydrogen-bond donors (Lipinski definition) is 1. The number of imidazole rings is 1. The summed E-state index contributed by atoms with van der Waals surface area (Å²) < 4.78 is 12.9. The zero-order valence-electron chi connectivity index (χ0n) is 13.5. The summed E-state index contributed by atoms with van der Waals surface area (Å²) in [5.41, 5.74) is 8.70. The van der Waals surface area contributed by atoms with Gasteiger partial charge in [-0.3, -0.25) is 0 Å². The number of nitrogens with two attached hydrogens (primary N) is 1. The Kier molecular flexibility index (Phi) is 5.28. The second-order valence-electron chi connectivity index (χ2n) is 5.24. The third kappa shape index (κ3) is 3.79. The summed E-state index contributed by atoms with van der Waals surface area (Å²) in [6.45, 7) is 1.27. The Bertz CT molecular complexity index is 895. The maximum atomic E-state index is 10.8. The van der Waals surface area contributed by atoms with Gasteiger partial charge < -0.3 is 0 Å². The molecule has 0 saturated heterocycles. The number of ether oxygens (including phenoxy) is 2. The van der Waals surface area contributed by atoms with Crippen molar-refractivity contribution < 1.29 is 14.3 Å². The molecule has 0 aliphatic rings. The van der Waals surface area contributed by atoms with E-state index in [0.29, 0.717) is 41.2 Å². The zero-order chi connectivity index (χ0) is 17.8. The summed E-state index contributed by atoms with van der Waals surface area (Å²) >= 11 is 2.91. The molecule has 0 aliphatic heterocycles. The molecule has 0 fully saturated rings. The first-order chi connectivity index (χ1) is 12.1. The summed E-state index contributed by atoms with van der Waals surface area (Å²) in [7, 11) is 1.59. The van der Waals surface area contributed by atoms with Gasteiger partial charge >= 0.3 is 152 Å². The van der Waals surface area contributed by atoms with Crippen molar-refractivity contribution in [3.63, 3.8) is 0 Å². The number of nitrogens with zero attached hydrogens (tertiary/aromatic N) is 4. The fraction of sp³-hybridized carbons (Fsp3) is 0.250. The molecule has 0 aliphatic carbocycles. The molecule has 0 bridgehead atoms. The van der Waals surface area contributed by atoms with Gasteiger partial charge in [0.1, 0.15) is 0 Å². The van der Waals surface area contributed by atoms with Gasteiger partial charge in [0, 0.05) is 0 Å².